The van der Waals surface area contributed by atoms with Crippen LogP contribution in [0.3, 0.4) is 0 Å². The highest BCUT2D eigenvalue weighted by atomic mass is 35.5. The van der Waals surface area contributed by atoms with Crippen molar-refractivity contribution in [3.8, 4) is 0 Å². The molecule has 2 N–H and O–H groups in total. The lowest BCUT2D eigenvalue weighted by atomic mass is 10.1. The van der Waals surface area contributed by atoms with E-state index >= 15 is 0 Å². The average molecular weight is 395 g/mol. The highest BCUT2D eigenvalue weighted by Crippen LogP contribution is 2.28. The van der Waals surface area contributed by atoms with Gasteiger partial charge in [0.25, 0.3) is 0 Å². The summed E-state index contributed by atoms with van der Waals surface area (Å²) in [5.74, 6) is 0.449. The number of carbonyl (C=O) groups excluding carboxylic acids is 1. The van der Waals surface area contributed by atoms with Crippen LogP contribution in [0.25, 0.3) is 0 Å². The molecule has 2 fully saturated rings. The fourth-order valence-electron chi connectivity index (χ4n) is 3.59. The van der Waals surface area contributed by atoms with Crippen molar-refractivity contribution in [1.82, 2.24) is 4.90 Å². The minimum atomic E-state index is 0. The molecular formula is C17H26Cl3N3O. The maximum Gasteiger partial charge on any atom is 0.225 e. The van der Waals surface area contributed by atoms with Crippen molar-refractivity contribution >= 4 is 48.0 Å². The Hall–Kier alpha value is -0.680. The quantitative estimate of drug-likeness (QED) is 0.837. The number of benzene rings is 1. The monoisotopic (exact) mass is 393 g/mol. The average Bonchev–Trinajstić information content (AvgIpc) is 2.96. The van der Waals surface area contributed by atoms with E-state index in [1.54, 1.807) is 0 Å². The minimum Gasteiger partial charge on any atom is -0.368 e. The molecule has 0 spiro atoms. The van der Waals surface area contributed by atoms with E-state index in [4.69, 9.17) is 17.3 Å². The molecule has 2 unspecified atom stereocenters. The van der Waals surface area contributed by atoms with Gasteiger partial charge in [-0.05, 0) is 43.9 Å². The number of piperazine rings is 1. The van der Waals surface area contributed by atoms with Crippen molar-refractivity contribution in [3.63, 3.8) is 0 Å². The number of anilines is 1. The normalized spacial score (nSPS) is 23.5. The fourth-order valence-corrected chi connectivity index (χ4v) is 3.76. The third-order valence-electron chi connectivity index (χ3n) is 4.93. The Morgan fingerprint density at radius 1 is 1.17 bits per heavy atom. The summed E-state index contributed by atoms with van der Waals surface area (Å²) in [7, 11) is 0. The number of amides is 1. The number of aryl methyl sites for hydroxylation is 1. The van der Waals surface area contributed by atoms with Crippen molar-refractivity contribution in [1.29, 1.82) is 0 Å². The van der Waals surface area contributed by atoms with Crippen LogP contribution >= 0.6 is 36.4 Å². The van der Waals surface area contributed by atoms with E-state index < -0.39 is 0 Å². The maximum atomic E-state index is 12.5. The van der Waals surface area contributed by atoms with Gasteiger partial charge >= 0.3 is 0 Å². The number of halogens is 3. The summed E-state index contributed by atoms with van der Waals surface area (Å²) >= 11 is 6.11. The molecule has 7 heteroatoms. The van der Waals surface area contributed by atoms with Crippen LogP contribution in [0.1, 0.15) is 24.8 Å². The van der Waals surface area contributed by atoms with Gasteiger partial charge in [-0.1, -0.05) is 17.7 Å². The van der Waals surface area contributed by atoms with Crippen LogP contribution in [0.2, 0.25) is 5.02 Å². The molecule has 1 aliphatic carbocycles. The first kappa shape index (κ1) is 21.4. The Labute approximate surface area is 161 Å². The van der Waals surface area contributed by atoms with Gasteiger partial charge in [0.1, 0.15) is 0 Å². The molecule has 3 rings (SSSR count). The highest BCUT2D eigenvalue weighted by Gasteiger charge is 2.32. The lowest BCUT2D eigenvalue weighted by Crippen LogP contribution is -2.50. The van der Waals surface area contributed by atoms with Crippen LogP contribution in [-0.4, -0.2) is 43.0 Å². The van der Waals surface area contributed by atoms with Crippen molar-refractivity contribution in [3.05, 3.63) is 28.8 Å². The summed E-state index contributed by atoms with van der Waals surface area (Å²) in [4.78, 5) is 16.9. The van der Waals surface area contributed by atoms with Crippen LogP contribution in [0.5, 0.6) is 0 Å². The number of nitrogens with two attached hydrogens (primary N) is 1. The van der Waals surface area contributed by atoms with Gasteiger partial charge < -0.3 is 15.5 Å². The zero-order valence-electron chi connectivity index (χ0n) is 13.9. The summed E-state index contributed by atoms with van der Waals surface area (Å²) in [6, 6.07) is 6.20. The van der Waals surface area contributed by atoms with Gasteiger partial charge in [-0.2, -0.15) is 0 Å². The first-order chi connectivity index (χ1) is 10.5. The van der Waals surface area contributed by atoms with Gasteiger partial charge in [-0.3, -0.25) is 4.79 Å². The summed E-state index contributed by atoms with van der Waals surface area (Å²) in [6.45, 7) is 5.41. The predicted octanol–water partition coefficient (Wildman–Crippen LogP) is 3.27. The van der Waals surface area contributed by atoms with E-state index in [1.807, 2.05) is 17.0 Å². The van der Waals surface area contributed by atoms with E-state index in [-0.39, 0.29) is 36.8 Å². The van der Waals surface area contributed by atoms with E-state index in [2.05, 4.69) is 17.9 Å². The molecule has 4 nitrogen and oxygen atoms in total. The number of carbonyl (C=O) groups is 1. The zero-order valence-corrected chi connectivity index (χ0v) is 16.3. The third-order valence-corrected chi connectivity index (χ3v) is 5.16. The Morgan fingerprint density at radius 2 is 1.83 bits per heavy atom. The summed E-state index contributed by atoms with van der Waals surface area (Å²) < 4.78 is 0. The molecule has 1 saturated carbocycles. The standard InChI is InChI=1S/C17H24ClN3O.2ClH/c1-12-2-4-14(18)11-16(12)20-6-8-21(9-7-20)17(22)13-3-5-15(19)10-13;;/h2,4,11,13,15H,3,5-10,19H2,1H3;2*1H. The first-order valence-corrected chi connectivity index (χ1v) is 8.48. The molecule has 1 saturated heterocycles. The molecule has 1 aromatic rings. The topological polar surface area (TPSA) is 49.6 Å². The van der Waals surface area contributed by atoms with Crippen LogP contribution in [0, 0.1) is 12.8 Å². The van der Waals surface area contributed by atoms with Gasteiger partial charge in [0.2, 0.25) is 5.91 Å². The van der Waals surface area contributed by atoms with Crippen LogP contribution < -0.4 is 10.6 Å². The molecule has 1 amide bonds. The molecule has 0 radical (unpaired) electrons. The largest absolute Gasteiger partial charge is 0.368 e. The molecule has 0 bridgehead atoms. The summed E-state index contributed by atoms with van der Waals surface area (Å²) in [6.07, 6.45) is 2.79. The van der Waals surface area contributed by atoms with E-state index in [9.17, 15) is 4.79 Å². The van der Waals surface area contributed by atoms with Crippen LogP contribution in [0.4, 0.5) is 5.69 Å². The Balaban J connectivity index is 0.00000144. The second-order valence-corrected chi connectivity index (χ2v) is 6.95. The summed E-state index contributed by atoms with van der Waals surface area (Å²) in [5, 5.41) is 0.763. The van der Waals surface area contributed by atoms with Crippen molar-refractivity contribution in [2.45, 2.75) is 32.2 Å². The molecule has 0 aromatic heterocycles. The fraction of sp³-hybridized carbons (Fsp3) is 0.588. The van der Waals surface area contributed by atoms with Crippen molar-refractivity contribution in [2.24, 2.45) is 11.7 Å². The smallest absolute Gasteiger partial charge is 0.225 e. The van der Waals surface area contributed by atoms with Crippen LogP contribution in [-0.2, 0) is 4.79 Å². The van der Waals surface area contributed by atoms with Gasteiger partial charge in [-0.15, -0.1) is 24.8 Å². The predicted molar refractivity (Wildman–Crippen MR) is 105 cm³/mol. The number of rotatable bonds is 2. The van der Waals surface area contributed by atoms with E-state index in [0.717, 1.165) is 50.5 Å². The number of hydrogen-bond acceptors (Lipinski definition) is 3. The lowest BCUT2D eigenvalue weighted by Gasteiger charge is -2.38. The molecule has 2 atom stereocenters. The molecule has 1 aromatic carbocycles. The molecular weight excluding hydrogens is 369 g/mol. The Kier molecular flexibility index (Phi) is 8.13. The lowest BCUT2D eigenvalue weighted by molar-refractivity contribution is -0.135. The van der Waals surface area contributed by atoms with E-state index in [1.165, 1.54) is 11.3 Å². The summed E-state index contributed by atoms with van der Waals surface area (Å²) in [5.41, 5.74) is 8.34. The Morgan fingerprint density at radius 3 is 2.42 bits per heavy atom. The molecule has 24 heavy (non-hydrogen) atoms. The Bertz CT molecular complexity index is 562. The second-order valence-electron chi connectivity index (χ2n) is 6.51. The van der Waals surface area contributed by atoms with Gasteiger partial charge in [-0.25, -0.2) is 0 Å². The third kappa shape index (κ3) is 4.69. The zero-order chi connectivity index (χ0) is 15.7. The van der Waals surface area contributed by atoms with E-state index in [0.29, 0.717) is 5.91 Å². The molecule has 1 heterocycles. The van der Waals surface area contributed by atoms with Gasteiger partial charge in [0.15, 0.2) is 0 Å². The maximum absolute atomic E-state index is 12.5. The van der Waals surface area contributed by atoms with Gasteiger partial charge in [0.05, 0.1) is 0 Å². The van der Waals surface area contributed by atoms with Crippen LogP contribution in [0.15, 0.2) is 18.2 Å². The molecule has 1 aliphatic heterocycles. The second kappa shape index (κ2) is 9.14. The number of hydrogen-bond donors (Lipinski definition) is 1. The molecule has 136 valence electrons. The number of nitrogens with zero attached hydrogens (tertiary/aromatic N) is 2. The van der Waals surface area contributed by atoms with Gasteiger partial charge in [0, 0.05) is 48.8 Å². The van der Waals surface area contributed by atoms with Crippen molar-refractivity contribution < 1.29 is 4.79 Å². The SMILES string of the molecule is Cc1ccc(Cl)cc1N1CCN(C(=O)C2CCC(N)C2)CC1.Cl.Cl. The highest BCUT2D eigenvalue weighted by molar-refractivity contribution is 6.30. The van der Waals surface area contributed by atoms with Crippen molar-refractivity contribution in [2.75, 3.05) is 31.1 Å². The first-order valence-electron chi connectivity index (χ1n) is 8.10. The minimum absolute atomic E-state index is 0. The molecule has 2 aliphatic rings.